The summed E-state index contributed by atoms with van der Waals surface area (Å²) in [5.74, 6) is 0.987. The summed E-state index contributed by atoms with van der Waals surface area (Å²) in [7, 11) is 1.60. The number of hydrogen-bond donors (Lipinski definition) is 1. The van der Waals surface area contributed by atoms with Crippen LogP contribution in [0.15, 0.2) is 53.7 Å². The lowest BCUT2D eigenvalue weighted by Crippen LogP contribution is -2.14. The molecule has 3 aromatic rings. The number of aryl methyl sites for hydroxylation is 2. The van der Waals surface area contributed by atoms with E-state index in [4.69, 9.17) is 26.9 Å². The van der Waals surface area contributed by atoms with Crippen molar-refractivity contribution in [3.05, 3.63) is 81.6 Å². The molecule has 0 saturated heterocycles. The van der Waals surface area contributed by atoms with E-state index < -0.39 is 0 Å². The molecular formula is C21H23ClN4O2. The summed E-state index contributed by atoms with van der Waals surface area (Å²) >= 11 is 6.03. The number of nitrogens with zero attached hydrogens (tertiary/aromatic N) is 3. The predicted octanol–water partition coefficient (Wildman–Crippen LogP) is 4.05. The Kier molecular flexibility index (Phi) is 6.21. The fraction of sp³-hybridized carbons (Fsp3) is 0.238. The molecule has 0 aliphatic carbocycles. The second-order valence-corrected chi connectivity index (χ2v) is 6.93. The second kappa shape index (κ2) is 8.80. The molecule has 0 amide bonds. The Balaban J connectivity index is 1.69. The number of nitrogens with two attached hydrogens (primary N) is 1. The smallest absolute Gasteiger partial charge is 0.170 e. The van der Waals surface area contributed by atoms with E-state index in [9.17, 15) is 0 Å². The summed E-state index contributed by atoms with van der Waals surface area (Å²) in [6, 6.07) is 15.2. The van der Waals surface area contributed by atoms with E-state index in [1.807, 2.05) is 42.8 Å². The van der Waals surface area contributed by atoms with Crippen LogP contribution in [0.2, 0.25) is 5.02 Å². The molecule has 0 aliphatic heterocycles. The fourth-order valence-electron chi connectivity index (χ4n) is 2.92. The van der Waals surface area contributed by atoms with Crippen molar-refractivity contribution in [3.63, 3.8) is 0 Å². The minimum absolute atomic E-state index is 0.204. The monoisotopic (exact) mass is 398 g/mol. The average Bonchev–Trinajstić information content (AvgIpc) is 2.99. The number of rotatable bonds is 7. The number of aromatic nitrogens is 2. The lowest BCUT2D eigenvalue weighted by atomic mass is 10.1. The highest BCUT2D eigenvalue weighted by atomic mass is 35.5. The summed E-state index contributed by atoms with van der Waals surface area (Å²) in [6.45, 7) is 4.89. The molecule has 0 radical (unpaired) electrons. The minimum atomic E-state index is 0.204. The number of oxime groups is 1. The lowest BCUT2D eigenvalue weighted by Gasteiger charge is -2.09. The van der Waals surface area contributed by atoms with Crippen molar-refractivity contribution in [1.82, 2.24) is 9.78 Å². The fourth-order valence-corrected chi connectivity index (χ4v) is 3.12. The molecule has 3 rings (SSSR count). The zero-order valence-electron chi connectivity index (χ0n) is 16.1. The third-order valence-electron chi connectivity index (χ3n) is 4.28. The molecule has 0 fully saturated rings. The summed E-state index contributed by atoms with van der Waals surface area (Å²) in [6.07, 6.45) is 0. The SMILES string of the molecule is COc1ccc(Cl)cc1CO/N=C(\N)c1cccc(Cn2nc(C)cc2C)c1. The van der Waals surface area contributed by atoms with Crippen molar-refractivity contribution in [2.75, 3.05) is 7.11 Å². The van der Waals surface area contributed by atoms with Crippen molar-refractivity contribution in [2.24, 2.45) is 10.9 Å². The van der Waals surface area contributed by atoms with E-state index in [0.29, 0.717) is 23.2 Å². The van der Waals surface area contributed by atoms with Gasteiger partial charge in [0.05, 0.1) is 19.3 Å². The molecule has 0 aliphatic rings. The van der Waals surface area contributed by atoms with E-state index in [-0.39, 0.29) is 6.61 Å². The summed E-state index contributed by atoms with van der Waals surface area (Å²) in [4.78, 5) is 5.42. The zero-order valence-corrected chi connectivity index (χ0v) is 16.9. The Labute approximate surface area is 169 Å². The third-order valence-corrected chi connectivity index (χ3v) is 4.52. The largest absolute Gasteiger partial charge is 0.496 e. The van der Waals surface area contributed by atoms with E-state index >= 15 is 0 Å². The normalized spacial score (nSPS) is 11.5. The van der Waals surface area contributed by atoms with E-state index in [1.165, 1.54) is 0 Å². The Morgan fingerprint density at radius 3 is 2.71 bits per heavy atom. The van der Waals surface area contributed by atoms with E-state index in [1.54, 1.807) is 25.3 Å². The molecule has 2 N–H and O–H groups in total. The summed E-state index contributed by atoms with van der Waals surface area (Å²) in [5.41, 5.74) is 10.9. The third kappa shape index (κ3) is 4.84. The van der Waals surface area contributed by atoms with Crippen LogP contribution in [-0.4, -0.2) is 22.7 Å². The van der Waals surface area contributed by atoms with E-state index in [2.05, 4.69) is 16.3 Å². The Morgan fingerprint density at radius 1 is 1.18 bits per heavy atom. The maximum atomic E-state index is 6.10. The molecule has 0 atom stereocenters. The van der Waals surface area contributed by atoms with Crippen molar-refractivity contribution in [3.8, 4) is 5.75 Å². The first-order valence-corrected chi connectivity index (χ1v) is 9.22. The number of hydrogen-bond acceptors (Lipinski definition) is 4. The number of benzene rings is 2. The molecule has 0 saturated carbocycles. The Hall–Kier alpha value is -2.99. The highest BCUT2D eigenvalue weighted by Crippen LogP contribution is 2.23. The quantitative estimate of drug-likeness (QED) is 0.370. The van der Waals surface area contributed by atoms with Gasteiger partial charge in [0.15, 0.2) is 5.84 Å². The first-order chi connectivity index (χ1) is 13.5. The molecule has 146 valence electrons. The van der Waals surface area contributed by atoms with Gasteiger partial charge in [0.2, 0.25) is 0 Å². The molecule has 0 unspecified atom stereocenters. The van der Waals surface area contributed by atoms with Gasteiger partial charge in [0.1, 0.15) is 12.4 Å². The van der Waals surface area contributed by atoms with Gasteiger partial charge in [0.25, 0.3) is 0 Å². The molecule has 0 bridgehead atoms. The number of ether oxygens (including phenoxy) is 1. The van der Waals surface area contributed by atoms with Crippen LogP contribution in [0.5, 0.6) is 5.75 Å². The van der Waals surface area contributed by atoms with Gasteiger partial charge in [-0.3, -0.25) is 4.68 Å². The molecule has 6 nitrogen and oxygen atoms in total. The van der Waals surface area contributed by atoms with Crippen LogP contribution in [-0.2, 0) is 18.0 Å². The molecule has 1 aromatic heterocycles. The van der Waals surface area contributed by atoms with Gasteiger partial charge >= 0.3 is 0 Å². The van der Waals surface area contributed by atoms with Gasteiger partial charge in [-0.05, 0) is 49.7 Å². The van der Waals surface area contributed by atoms with Crippen LogP contribution in [0.4, 0.5) is 0 Å². The van der Waals surface area contributed by atoms with Crippen molar-refractivity contribution in [2.45, 2.75) is 27.0 Å². The zero-order chi connectivity index (χ0) is 20.1. The maximum absolute atomic E-state index is 6.10. The maximum Gasteiger partial charge on any atom is 0.170 e. The van der Waals surface area contributed by atoms with Crippen molar-refractivity contribution < 1.29 is 9.57 Å². The van der Waals surface area contributed by atoms with Crippen LogP contribution in [0, 0.1) is 13.8 Å². The van der Waals surface area contributed by atoms with Crippen LogP contribution in [0.1, 0.15) is 28.1 Å². The lowest BCUT2D eigenvalue weighted by molar-refractivity contribution is 0.128. The molecule has 1 heterocycles. The Morgan fingerprint density at radius 2 is 2.00 bits per heavy atom. The molecular weight excluding hydrogens is 376 g/mol. The predicted molar refractivity (Wildman–Crippen MR) is 111 cm³/mol. The van der Waals surface area contributed by atoms with E-state index in [0.717, 1.165) is 28.1 Å². The standard InChI is InChI=1S/C21H23ClN4O2/c1-14-9-15(2)26(24-14)12-16-5-4-6-17(10-16)21(23)25-28-13-18-11-19(22)7-8-20(18)27-3/h4-11H,12-13H2,1-3H3,(H2,23,25). The first-order valence-electron chi connectivity index (χ1n) is 8.84. The van der Waals surface area contributed by atoms with Gasteiger partial charge in [-0.1, -0.05) is 35.0 Å². The number of halogens is 1. The van der Waals surface area contributed by atoms with Crippen LogP contribution >= 0.6 is 11.6 Å². The minimum Gasteiger partial charge on any atom is -0.496 e. The van der Waals surface area contributed by atoms with Crippen molar-refractivity contribution >= 4 is 17.4 Å². The second-order valence-electron chi connectivity index (χ2n) is 6.49. The van der Waals surface area contributed by atoms with Gasteiger partial charge in [0, 0.05) is 21.8 Å². The van der Waals surface area contributed by atoms with Gasteiger partial charge in [-0.15, -0.1) is 0 Å². The summed E-state index contributed by atoms with van der Waals surface area (Å²) in [5, 5.41) is 9.14. The molecule has 0 spiro atoms. The molecule has 7 heteroatoms. The van der Waals surface area contributed by atoms with Gasteiger partial charge in [-0.2, -0.15) is 5.10 Å². The molecule has 28 heavy (non-hydrogen) atoms. The van der Waals surface area contributed by atoms with Crippen LogP contribution in [0.25, 0.3) is 0 Å². The highest BCUT2D eigenvalue weighted by molar-refractivity contribution is 6.30. The Bertz CT molecular complexity index is 998. The van der Waals surface area contributed by atoms with Gasteiger partial charge in [-0.25, -0.2) is 0 Å². The number of amidine groups is 1. The van der Waals surface area contributed by atoms with Crippen molar-refractivity contribution in [1.29, 1.82) is 0 Å². The highest BCUT2D eigenvalue weighted by Gasteiger charge is 2.07. The van der Waals surface area contributed by atoms with Crippen LogP contribution in [0.3, 0.4) is 0 Å². The van der Waals surface area contributed by atoms with Crippen LogP contribution < -0.4 is 10.5 Å². The topological polar surface area (TPSA) is 74.7 Å². The average molecular weight is 399 g/mol. The van der Waals surface area contributed by atoms with Gasteiger partial charge < -0.3 is 15.3 Å². The molecule has 2 aromatic carbocycles. The number of methoxy groups -OCH3 is 1. The first kappa shape index (κ1) is 19.8. The summed E-state index contributed by atoms with van der Waals surface area (Å²) < 4.78 is 7.26.